The summed E-state index contributed by atoms with van der Waals surface area (Å²) in [6.07, 6.45) is 1.15. The van der Waals surface area contributed by atoms with Crippen LogP contribution in [0.3, 0.4) is 0 Å². The Balaban J connectivity index is 1.70. The highest BCUT2D eigenvalue weighted by molar-refractivity contribution is 6.32. The van der Waals surface area contributed by atoms with Crippen molar-refractivity contribution in [2.45, 2.75) is 13.1 Å². The summed E-state index contributed by atoms with van der Waals surface area (Å²) in [6.45, 7) is 1.59. The molecular weight excluding hydrogens is 472 g/mol. The minimum atomic E-state index is -4.91. The molecular formula is C18H11Cl2F3N8O. The van der Waals surface area contributed by atoms with Crippen LogP contribution >= 0.6 is 23.2 Å². The number of nitrogens with one attached hydrogen (secondary N) is 1. The van der Waals surface area contributed by atoms with Crippen molar-refractivity contribution in [3.8, 4) is 11.5 Å². The first-order chi connectivity index (χ1) is 15.1. The van der Waals surface area contributed by atoms with Gasteiger partial charge in [-0.3, -0.25) is 9.78 Å². The van der Waals surface area contributed by atoms with Crippen LogP contribution in [0.15, 0.2) is 43.1 Å². The lowest BCUT2D eigenvalue weighted by atomic mass is 10.2. The second kappa shape index (κ2) is 8.20. The highest BCUT2D eigenvalue weighted by Crippen LogP contribution is 2.35. The predicted molar refractivity (Wildman–Crippen MR) is 108 cm³/mol. The maximum atomic E-state index is 13.9. The fourth-order valence-corrected chi connectivity index (χ4v) is 3.26. The quantitative estimate of drug-likeness (QED) is 0.469. The lowest BCUT2D eigenvalue weighted by molar-refractivity contribution is -0.143. The Hall–Kier alpha value is -3.51. The molecule has 1 amide bonds. The van der Waals surface area contributed by atoms with Crippen LogP contribution in [0.2, 0.25) is 10.0 Å². The fraction of sp³-hybridized carbons (Fsp3) is 0.111. The average molecular weight is 483 g/mol. The van der Waals surface area contributed by atoms with Crippen LogP contribution in [0, 0.1) is 6.92 Å². The molecule has 0 fully saturated rings. The third-order valence-corrected chi connectivity index (χ3v) is 4.74. The number of rotatable bonds is 4. The first-order valence-corrected chi connectivity index (χ1v) is 9.52. The van der Waals surface area contributed by atoms with Gasteiger partial charge in [0.05, 0.1) is 51.8 Å². The van der Waals surface area contributed by atoms with Crippen molar-refractivity contribution >= 4 is 34.8 Å². The van der Waals surface area contributed by atoms with Gasteiger partial charge in [-0.25, -0.2) is 9.67 Å². The van der Waals surface area contributed by atoms with Crippen molar-refractivity contribution in [3.05, 3.63) is 70.1 Å². The number of carbonyl (C=O) groups is 1. The summed E-state index contributed by atoms with van der Waals surface area (Å²) in [5, 5.41) is 13.9. The van der Waals surface area contributed by atoms with Crippen molar-refractivity contribution in [1.82, 2.24) is 34.7 Å². The van der Waals surface area contributed by atoms with Crippen LogP contribution in [0.4, 0.5) is 18.9 Å². The zero-order chi connectivity index (χ0) is 23.0. The van der Waals surface area contributed by atoms with E-state index in [2.05, 4.69) is 30.6 Å². The molecule has 0 aliphatic heterocycles. The molecule has 1 N–H and O–H groups in total. The lowest BCUT2D eigenvalue weighted by Crippen LogP contribution is -2.21. The molecule has 4 heterocycles. The molecule has 14 heteroatoms. The average Bonchev–Trinajstić information content (AvgIpc) is 3.39. The zero-order valence-corrected chi connectivity index (χ0v) is 17.5. The standard InChI is InChI=1S/C18H11Cl2F3N8O/c1-9-4-14(13(20)8-24-9)30-15(18(21,22)23)11(7-28-30)17(32)29-10-5-12(19)16(25-6-10)31-26-2-3-27-31/h2-8H,1H3,(H,29,32). The van der Waals surface area contributed by atoms with Crippen molar-refractivity contribution < 1.29 is 18.0 Å². The Kier molecular flexibility index (Phi) is 5.57. The van der Waals surface area contributed by atoms with E-state index in [1.807, 2.05) is 0 Å². The molecule has 4 aromatic heterocycles. The summed E-state index contributed by atoms with van der Waals surface area (Å²) in [5.74, 6) is -0.880. The van der Waals surface area contributed by atoms with Crippen LogP contribution in [-0.4, -0.2) is 40.6 Å². The van der Waals surface area contributed by atoms with Crippen molar-refractivity contribution in [1.29, 1.82) is 0 Å². The van der Waals surface area contributed by atoms with Gasteiger partial charge < -0.3 is 5.32 Å². The van der Waals surface area contributed by atoms with E-state index >= 15 is 0 Å². The van der Waals surface area contributed by atoms with Gasteiger partial charge in [0.2, 0.25) is 0 Å². The number of nitrogens with zero attached hydrogens (tertiary/aromatic N) is 7. The number of carbonyl (C=O) groups excluding carboxylic acids is 1. The lowest BCUT2D eigenvalue weighted by Gasteiger charge is -2.14. The number of hydrogen-bond donors (Lipinski definition) is 1. The molecule has 9 nitrogen and oxygen atoms in total. The SMILES string of the molecule is Cc1cc(-n2ncc(C(=O)Nc3cnc(-n4nccn4)c(Cl)c3)c2C(F)(F)F)c(Cl)cn1. The molecule has 164 valence electrons. The van der Waals surface area contributed by atoms with E-state index in [1.165, 1.54) is 36.9 Å². The monoisotopic (exact) mass is 482 g/mol. The van der Waals surface area contributed by atoms with Crippen molar-refractivity contribution in [2.75, 3.05) is 5.32 Å². The normalized spacial score (nSPS) is 11.6. The van der Waals surface area contributed by atoms with E-state index in [0.29, 0.717) is 10.4 Å². The number of halogens is 5. The predicted octanol–water partition coefficient (Wildman–Crippen LogP) is 4.13. The largest absolute Gasteiger partial charge is 0.434 e. The summed E-state index contributed by atoms with van der Waals surface area (Å²) in [7, 11) is 0. The van der Waals surface area contributed by atoms with Crippen LogP contribution in [0.25, 0.3) is 11.5 Å². The number of aryl methyl sites for hydroxylation is 1. The zero-order valence-electron chi connectivity index (χ0n) is 16.0. The van der Waals surface area contributed by atoms with Crippen LogP contribution < -0.4 is 5.32 Å². The molecule has 4 rings (SSSR count). The van der Waals surface area contributed by atoms with Crippen molar-refractivity contribution in [2.24, 2.45) is 0 Å². The Morgan fingerprint density at radius 2 is 1.72 bits per heavy atom. The first kappa shape index (κ1) is 21.7. The summed E-state index contributed by atoms with van der Waals surface area (Å²) in [4.78, 5) is 21.8. The number of pyridine rings is 2. The molecule has 0 atom stereocenters. The molecule has 0 saturated carbocycles. The number of anilines is 1. The molecule has 0 radical (unpaired) electrons. The minimum absolute atomic E-state index is 0.0602. The molecule has 0 aliphatic carbocycles. The maximum absolute atomic E-state index is 13.9. The van der Waals surface area contributed by atoms with Gasteiger partial charge in [0.1, 0.15) is 0 Å². The molecule has 4 aromatic rings. The molecule has 0 bridgehead atoms. The molecule has 0 saturated heterocycles. The van der Waals surface area contributed by atoms with E-state index in [9.17, 15) is 18.0 Å². The van der Waals surface area contributed by atoms with E-state index in [-0.39, 0.29) is 27.2 Å². The van der Waals surface area contributed by atoms with E-state index in [1.54, 1.807) is 6.92 Å². The smallest absolute Gasteiger partial charge is 0.320 e. The van der Waals surface area contributed by atoms with E-state index in [0.717, 1.165) is 11.0 Å². The van der Waals surface area contributed by atoms with E-state index < -0.39 is 23.3 Å². The number of aromatic nitrogens is 7. The third kappa shape index (κ3) is 4.14. The van der Waals surface area contributed by atoms with E-state index in [4.69, 9.17) is 23.2 Å². The number of alkyl halides is 3. The third-order valence-electron chi connectivity index (χ3n) is 4.17. The van der Waals surface area contributed by atoms with Crippen LogP contribution in [0.1, 0.15) is 21.7 Å². The Bertz CT molecular complexity index is 1300. The summed E-state index contributed by atoms with van der Waals surface area (Å²) in [6, 6.07) is 2.64. The summed E-state index contributed by atoms with van der Waals surface area (Å²) < 4.78 is 42.2. The second-order valence-electron chi connectivity index (χ2n) is 6.40. The number of hydrogen-bond acceptors (Lipinski definition) is 6. The van der Waals surface area contributed by atoms with Gasteiger partial charge in [0, 0.05) is 11.9 Å². The Morgan fingerprint density at radius 3 is 2.38 bits per heavy atom. The second-order valence-corrected chi connectivity index (χ2v) is 7.21. The molecule has 0 aromatic carbocycles. The molecule has 0 aliphatic rings. The Morgan fingerprint density at radius 1 is 1.00 bits per heavy atom. The van der Waals surface area contributed by atoms with Crippen molar-refractivity contribution in [3.63, 3.8) is 0 Å². The molecule has 0 spiro atoms. The molecule has 0 unspecified atom stereocenters. The van der Waals surface area contributed by atoms with Gasteiger partial charge in [0.25, 0.3) is 5.91 Å². The number of amides is 1. The summed E-state index contributed by atoms with van der Waals surface area (Å²) in [5.41, 5.74) is -1.58. The van der Waals surface area contributed by atoms with Crippen LogP contribution in [-0.2, 0) is 6.18 Å². The first-order valence-electron chi connectivity index (χ1n) is 8.76. The van der Waals surface area contributed by atoms with Gasteiger partial charge in [-0.2, -0.15) is 28.5 Å². The van der Waals surface area contributed by atoms with Gasteiger partial charge in [-0.15, -0.1) is 4.80 Å². The fourth-order valence-electron chi connectivity index (χ4n) is 2.83. The topological polar surface area (TPSA) is 103 Å². The molecule has 32 heavy (non-hydrogen) atoms. The van der Waals surface area contributed by atoms with Gasteiger partial charge in [-0.05, 0) is 19.1 Å². The van der Waals surface area contributed by atoms with Gasteiger partial charge in [-0.1, -0.05) is 23.2 Å². The minimum Gasteiger partial charge on any atom is -0.320 e. The van der Waals surface area contributed by atoms with Gasteiger partial charge in [0.15, 0.2) is 11.5 Å². The van der Waals surface area contributed by atoms with Crippen LogP contribution in [0.5, 0.6) is 0 Å². The summed E-state index contributed by atoms with van der Waals surface area (Å²) >= 11 is 12.2. The maximum Gasteiger partial charge on any atom is 0.434 e. The Labute approximate surface area is 187 Å². The highest BCUT2D eigenvalue weighted by atomic mass is 35.5. The van der Waals surface area contributed by atoms with Gasteiger partial charge >= 0.3 is 6.18 Å². The highest BCUT2D eigenvalue weighted by Gasteiger charge is 2.41.